The number of carbonyl (C=O) groups is 1. The van der Waals surface area contributed by atoms with E-state index in [2.05, 4.69) is 24.4 Å². The van der Waals surface area contributed by atoms with Gasteiger partial charge in [0.2, 0.25) is 5.91 Å². The number of nitrogens with two attached hydrogens (primary N) is 1. The van der Waals surface area contributed by atoms with Gasteiger partial charge >= 0.3 is 0 Å². The summed E-state index contributed by atoms with van der Waals surface area (Å²) in [5.41, 5.74) is 7.01. The second-order valence-electron chi connectivity index (χ2n) is 5.15. The first kappa shape index (κ1) is 19.7. The van der Waals surface area contributed by atoms with E-state index in [9.17, 15) is 4.79 Å². The lowest BCUT2D eigenvalue weighted by Crippen LogP contribution is -2.40. The Bertz CT molecular complexity index is 409. The van der Waals surface area contributed by atoms with E-state index in [4.69, 9.17) is 10.5 Å². The number of ether oxygens (including phenoxy) is 1. The monoisotopic (exact) mass is 314 g/mol. The number of hydrogen-bond donors (Lipinski definition) is 2. The van der Waals surface area contributed by atoms with E-state index in [1.54, 1.807) is 7.11 Å². The van der Waals surface area contributed by atoms with Crippen LogP contribution in [-0.4, -0.2) is 25.6 Å². The largest absolute Gasteiger partial charge is 0.497 e. The molecule has 0 aliphatic heterocycles. The summed E-state index contributed by atoms with van der Waals surface area (Å²) in [6, 6.07) is 7.67. The molecule has 1 rings (SSSR count). The molecule has 4 nitrogen and oxygen atoms in total. The molecule has 1 amide bonds. The molecular weight excluding hydrogens is 288 g/mol. The standard InChI is InChI=1S/C16H26N2O2.ClH/c1-4-5-15(17)16(19)18-11-10-12(2)13-6-8-14(20-3)9-7-13;/h6-9,12,15H,4-5,10-11,17H2,1-3H3,(H,18,19);1H. The number of halogens is 1. The average molecular weight is 315 g/mol. The predicted molar refractivity (Wildman–Crippen MR) is 89.2 cm³/mol. The Morgan fingerprint density at radius 2 is 1.90 bits per heavy atom. The van der Waals surface area contributed by atoms with Crippen molar-refractivity contribution in [2.45, 2.75) is 45.1 Å². The predicted octanol–water partition coefficient (Wildman–Crippen LogP) is 2.85. The highest BCUT2D eigenvalue weighted by atomic mass is 35.5. The quantitative estimate of drug-likeness (QED) is 0.775. The number of nitrogens with one attached hydrogen (secondary N) is 1. The van der Waals surface area contributed by atoms with Gasteiger partial charge in [-0.2, -0.15) is 0 Å². The Hall–Kier alpha value is -1.26. The van der Waals surface area contributed by atoms with Crippen molar-refractivity contribution in [3.8, 4) is 5.75 Å². The first-order chi connectivity index (χ1) is 9.58. The average Bonchev–Trinajstić information content (AvgIpc) is 2.47. The summed E-state index contributed by atoms with van der Waals surface area (Å²) in [4.78, 5) is 11.7. The van der Waals surface area contributed by atoms with E-state index in [1.807, 2.05) is 19.1 Å². The smallest absolute Gasteiger partial charge is 0.236 e. The van der Waals surface area contributed by atoms with Crippen LogP contribution in [0, 0.1) is 0 Å². The highest BCUT2D eigenvalue weighted by Crippen LogP contribution is 2.21. The van der Waals surface area contributed by atoms with Crippen molar-refractivity contribution in [1.29, 1.82) is 0 Å². The van der Waals surface area contributed by atoms with Crippen molar-refractivity contribution in [3.63, 3.8) is 0 Å². The second-order valence-corrected chi connectivity index (χ2v) is 5.15. The summed E-state index contributed by atoms with van der Waals surface area (Å²) in [5, 5.41) is 2.90. The first-order valence-electron chi connectivity index (χ1n) is 7.25. The van der Waals surface area contributed by atoms with Crippen molar-refractivity contribution in [2.75, 3.05) is 13.7 Å². The van der Waals surface area contributed by atoms with Crippen LogP contribution in [0.15, 0.2) is 24.3 Å². The molecule has 0 bridgehead atoms. The summed E-state index contributed by atoms with van der Waals surface area (Å²) in [6.07, 6.45) is 2.56. The van der Waals surface area contributed by atoms with E-state index in [0.29, 0.717) is 12.5 Å². The van der Waals surface area contributed by atoms with E-state index in [-0.39, 0.29) is 24.4 Å². The third-order valence-electron chi connectivity index (χ3n) is 3.50. The third kappa shape index (κ3) is 6.82. The molecule has 3 N–H and O–H groups in total. The van der Waals surface area contributed by atoms with Crippen molar-refractivity contribution in [3.05, 3.63) is 29.8 Å². The minimum absolute atomic E-state index is 0. The number of benzene rings is 1. The van der Waals surface area contributed by atoms with Crippen molar-refractivity contribution in [1.82, 2.24) is 5.32 Å². The third-order valence-corrected chi connectivity index (χ3v) is 3.50. The van der Waals surface area contributed by atoms with Gasteiger partial charge in [-0.1, -0.05) is 32.4 Å². The van der Waals surface area contributed by atoms with Crippen LogP contribution in [0.25, 0.3) is 0 Å². The van der Waals surface area contributed by atoms with Gasteiger partial charge in [0.05, 0.1) is 13.2 Å². The molecule has 1 aromatic rings. The number of methoxy groups -OCH3 is 1. The Balaban J connectivity index is 0.00000400. The van der Waals surface area contributed by atoms with Crippen LogP contribution >= 0.6 is 12.4 Å². The van der Waals surface area contributed by atoms with Gasteiger partial charge in [0.15, 0.2) is 0 Å². The first-order valence-corrected chi connectivity index (χ1v) is 7.25. The summed E-state index contributed by atoms with van der Waals surface area (Å²) in [7, 11) is 1.66. The fraction of sp³-hybridized carbons (Fsp3) is 0.562. The van der Waals surface area contributed by atoms with Crippen LogP contribution in [0.1, 0.15) is 44.6 Å². The van der Waals surface area contributed by atoms with Gasteiger partial charge in [0.1, 0.15) is 5.75 Å². The van der Waals surface area contributed by atoms with E-state index < -0.39 is 0 Å². The number of rotatable bonds is 8. The maximum atomic E-state index is 11.7. The van der Waals surface area contributed by atoms with Crippen LogP contribution in [0.5, 0.6) is 5.75 Å². The lowest BCUT2D eigenvalue weighted by atomic mass is 9.98. The summed E-state index contributed by atoms with van der Waals surface area (Å²) in [6.45, 7) is 4.84. The van der Waals surface area contributed by atoms with E-state index in [1.165, 1.54) is 5.56 Å². The minimum Gasteiger partial charge on any atom is -0.497 e. The molecule has 0 saturated heterocycles. The molecule has 0 saturated carbocycles. The molecule has 120 valence electrons. The number of carbonyl (C=O) groups excluding carboxylic acids is 1. The van der Waals surface area contributed by atoms with E-state index >= 15 is 0 Å². The normalized spacial score (nSPS) is 13.0. The van der Waals surface area contributed by atoms with Gasteiger partial charge < -0.3 is 15.8 Å². The molecule has 5 heteroatoms. The minimum atomic E-state index is -0.378. The highest BCUT2D eigenvalue weighted by molar-refractivity contribution is 5.85. The summed E-state index contributed by atoms with van der Waals surface area (Å²) < 4.78 is 5.14. The molecule has 1 aromatic carbocycles. The van der Waals surface area contributed by atoms with Crippen LogP contribution in [0.4, 0.5) is 0 Å². The number of hydrogen-bond acceptors (Lipinski definition) is 3. The molecule has 0 heterocycles. The van der Waals surface area contributed by atoms with Crippen LogP contribution in [0.3, 0.4) is 0 Å². The molecular formula is C16H27ClN2O2. The lowest BCUT2D eigenvalue weighted by Gasteiger charge is -2.15. The Kier molecular flexibility index (Phi) is 9.84. The van der Waals surface area contributed by atoms with E-state index in [0.717, 1.165) is 25.0 Å². The summed E-state index contributed by atoms with van der Waals surface area (Å²) >= 11 is 0. The second kappa shape index (κ2) is 10.5. The summed E-state index contributed by atoms with van der Waals surface area (Å²) in [5.74, 6) is 1.21. The zero-order chi connectivity index (χ0) is 15.0. The van der Waals surface area contributed by atoms with Crippen LogP contribution in [0.2, 0.25) is 0 Å². The van der Waals surface area contributed by atoms with Gasteiger partial charge in [0.25, 0.3) is 0 Å². The highest BCUT2D eigenvalue weighted by Gasteiger charge is 2.12. The zero-order valence-electron chi connectivity index (χ0n) is 13.1. The van der Waals surface area contributed by atoms with Crippen LogP contribution in [-0.2, 0) is 4.79 Å². The van der Waals surface area contributed by atoms with Gasteiger partial charge in [-0.15, -0.1) is 12.4 Å². The molecule has 2 atom stereocenters. The SMILES string of the molecule is CCCC(N)C(=O)NCCC(C)c1ccc(OC)cc1.Cl. The molecule has 0 aliphatic carbocycles. The van der Waals surface area contributed by atoms with Gasteiger partial charge in [0, 0.05) is 6.54 Å². The lowest BCUT2D eigenvalue weighted by molar-refractivity contribution is -0.122. The van der Waals surface area contributed by atoms with Gasteiger partial charge in [-0.05, 0) is 36.5 Å². The fourth-order valence-electron chi connectivity index (χ4n) is 2.08. The van der Waals surface area contributed by atoms with Crippen LogP contribution < -0.4 is 15.8 Å². The fourth-order valence-corrected chi connectivity index (χ4v) is 2.08. The Morgan fingerprint density at radius 3 is 2.43 bits per heavy atom. The maximum absolute atomic E-state index is 11.7. The molecule has 0 aromatic heterocycles. The van der Waals surface area contributed by atoms with Crippen molar-refractivity contribution in [2.24, 2.45) is 5.73 Å². The maximum Gasteiger partial charge on any atom is 0.236 e. The topological polar surface area (TPSA) is 64.4 Å². The molecule has 0 aliphatic rings. The molecule has 0 radical (unpaired) electrons. The van der Waals surface area contributed by atoms with Gasteiger partial charge in [-0.3, -0.25) is 4.79 Å². The number of amides is 1. The molecule has 0 fully saturated rings. The molecule has 0 spiro atoms. The van der Waals surface area contributed by atoms with Crippen molar-refractivity contribution < 1.29 is 9.53 Å². The molecule has 21 heavy (non-hydrogen) atoms. The zero-order valence-corrected chi connectivity index (χ0v) is 13.9. The van der Waals surface area contributed by atoms with Gasteiger partial charge in [-0.25, -0.2) is 0 Å². The molecule has 2 unspecified atom stereocenters. The Morgan fingerprint density at radius 1 is 1.29 bits per heavy atom. The Labute approximate surface area is 133 Å². The van der Waals surface area contributed by atoms with Crippen molar-refractivity contribution >= 4 is 18.3 Å².